The van der Waals surface area contributed by atoms with Crippen LogP contribution in [-0.4, -0.2) is 0 Å². The first-order valence-electron chi connectivity index (χ1n) is 2.66. The highest BCUT2D eigenvalue weighted by Crippen LogP contribution is 2.05. The molecule has 1 nitrogen and oxygen atoms in total. The third kappa shape index (κ3) is 3.31. The summed E-state index contributed by atoms with van der Waals surface area (Å²) < 4.78 is 0. The maximum absolute atomic E-state index is 6.50. The van der Waals surface area contributed by atoms with Crippen LogP contribution in [0.15, 0.2) is 36.5 Å². The van der Waals surface area contributed by atoms with Crippen LogP contribution in [0.25, 0.3) is 0 Å². The molecule has 1 rings (SSSR count). The van der Waals surface area contributed by atoms with Crippen LogP contribution in [0.3, 0.4) is 0 Å². The summed E-state index contributed by atoms with van der Waals surface area (Å²) in [6.07, 6.45) is 9.19. The molecule has 0 aromatic heterocycles. The Morgan fingerprint density at radius 2 is 2.11 bits per heavy atom. The van der Waals surface area contributed by atoms with Crippen molar-refractivity contribution >= 4 is 0 Å². The molecule has 0 fully saturated rings. The van der Waals surface area contributed by atoms with Gasteiger partial charge in [-0.1, -0.05) is 36.5 Å². The van der Waals surface area contributed by atoms with Gasteiger partial charge in [0, 0.05) is 6.57 Å². The second-order valence-corrected chi connectivity index (χ2v) is 1.65. The zero-order valence-electron chi connectivity index (χ0n) is 5.25. The van der Waals surface area contributed by atoms with Crippen molar-refractivity contribution in [2.75, 3.05) is 0 Å². The summed E-state index contributed by atoms with van der Waals surface area (Å²) in [6.45, 7) is 7.28. The quantitative estimate of drug-likeness (QED) is 0.479. The molecule has 0 N–H and O–H groups in total. The van der Waals surface area contributed by atoms with Gasteiger partial charge < -0.3 is 0 Å². The van der Waals surface area contributed by atoms with Gasteiger partial charge in [-0.05, 0) is 6.42 Å². The molecule has 0 saturated carbocycles. The molecule has 1 aliphatic rings. The van der Waals surface area contributed by atoms with Crippen LogP contribution in [0.1, 0.15) is 6.42 Å². The number of nitrogens with zero attached hydrogens (tertiary/aromatic N) is 1. The lowest BCUT2D eigenvalue weighted by Gasteiger charge is -1.94. The summed E-state index contributed by atoms with van der Waals surface area (Å²) in [6, 6.07) is 0. The maximum atomic E-state index is 6.50. The molecule has 0 amide bonds. The second-order valence-electron chi connectivity index (χ2n) is 1.65. The van der Waals surface area contributed by atoms with E-state index in [0.717, 1.165) is 6.42 Å². The molecule has 0 saturated heterocycles. The normalized spacial score (nSPS) is 14.2. The summed E-state index contributed by atoms with van der Waals surface area (Å²) in [5.74, 6) is 0. The van der Waals surface area contributed by atoms with E-state index < -0.39 is 0 Å². The molecule has 46 valence electrons. The van der Waals surface area contributed by atoms with Gasteiger partial charge in [-0.2, -0.15) is 0 Å². The van der Waals surface area contributed by atoms with Gasteiger partial charge >= 0.3 is 0 Å². The first-order chi connectivity index (χ1) is 4.39. The van der Waals surface area contributed by atoms with Gasteiger partial charge in [-0.25, -0.2) is 5.26 Å². The Balaban J connectivity index is 0.000000291. The Kier molecular flexibility index (Phi) is 4.16. The van der Waals surface area contributed by atoms with E-state index >= 15 is 0 Å². The fourth-order valence-corrected chi connectivity index (χ4v) is 0.558. The minimum Gasteiger partial charge on any atom is -0.202 e. The van der Waals surface area contributed by atoms with E-state index in [1.54, 1.807) is 0 Å². The lowest BCUT2D eigenvalue weighted by Crippen LogP contribution is -1.74. The van der Waals surface area contributed by atoms with Gasteiger partial charge in [0.1, 0.15) is 0 Å². The highest BCUT2D eigenvalue weighted by atomic mass is 14.2. The molecule has 0 atom stereocenters. The largest absolute Gasteiger partial charge is 0.202 e. The molecule has 0 spiro atoms. The first-order valence-corrected chi connectivity index (χ1v) is 2.66. The van der Waals surface area contributed by atoms with Gasteiger partial charge in [-0.3, -0.25) is 0 Å². The lowest BCUT2D eigenvalue weighted by molar-refractivity contribution is 1.28. The monoisotopic (exact) mass is 119 g/mol. The van der Waals surface area contributed by atoms with E-state index in [-0.39, 0.29) is 0 Å². The van der Waals surface area contributed by atoms with Gasteiger partial charge in [0.05, 0.1) is 0 Å². The Morgan fingerprint density at radius 3 is 2.33 bits per heavy atom. The predicted octanol–water partition coefficient (Wildman–Crippen LogP) is 2.20. The molecule has 0 aliphatic heterocycles. The van der Waals surface area contributed by atoms with Gasteiger partial charge in [0.25, 0.3) is 0 Å². The minimum atomic E-state index is 1.02. The molecular weight excluding hydrogens is 110 g/mol. The molecule has 0 aromatic rings. The highest BCUT2D eigenvalue weighted by Gasteiger charge is 1.84. The third-order valence-electron chi connectivity index (χ3n) is 0.959. The highest BCUT2D eigenvalue weighted by molar-refractivity contribution is 5.26. The average Bonchev–Trinajstić information content (AvgIpc) is 1.94. The molecule has 1 heteroatoms. The van der Waals surface area contributed by atoms with Crippen LogP contribution >= 0.6 is 0 Å². The Labute approximate surface area is 55.6 Å². The van der Waals surface area contributed by atoms with Crippen molar-refractivity contribution in [3.05, 3.63) is 36.5 Å². The van der Waals surface area contributed by atoms with Crippen LogP contribution in [-0.2, 0) is 0 Å². The van der Waals surface area contributed by atoms with Crippen LogP contribution in [0.2, 0.25) is 0 Å². The zero-order chi connectivity index (χ0) is 7.11. The van der Waals surface area contributed by atoms with E-state index in [1.807, 2.05) is 18.2 Å². The fraction of sp³-hybridized carbons (Fsp3) is 0.125. The summed E-state index contributed by atoms with van der Waals surface area (Å²) in [5.41, 5.74) is 1.20. The molecule has 0 heterocycles. The smallest absolute Gasteiger partial charge is 0.0462 e. The molecule has 0 unspecified atom stereocenters. The van der Waals surface area contributed by atoms with E-state index in [0.29, 0.717) is 0 Å². The van der Waals surface area contributed by atoms with E-state index in [9.17, 15) is 0 Å². The molecule has 0 bridgehead atoms. The summed E-state index contributed by atoms with van der Waals surface area (Å²) in [4.78, 5) is 0. The van der Waals surface area contributed by atoms with Crippen molar-refractivity contribution in [1.29, 1.82) is 5.26 Å². The zero-order valence-corrected chi connectivity index (χ0v) is 5.25. The lowest BCUT2D eigenvalue weighted by atomic mass is 10.1. The number of hydrogen-bond acceptors (Lipinski definition) is 1. The van der Waals surface area contributed by atoms with Crippen LogP contribution in [0, 0.1) is 11.8 Å². The van der Waals surface area contributed by atoms with Gasteiger partial charge in [0.15, 0.2) is 0 Å². The van der Waals surface area contributed by atoms with Gasteiger partial charge in [0.2, 0.25) is 0 Å². The van der Waals surface area contributed by atoms with Crippen LogP contribution in [0.4, 0.5) is 0 Å². The van der Waals surface area contributed by atoms with E-state index in [1.165, 1.54) is 5.57 Å². The Morgan fingerprint density at radius 1 is 1.44 bits per heavy atom. The van der Waals surface area contributed by atoms with Gasteiger partial charge in [-0.15, -0.1) is 0 Å². The Hall–Kier alpha value is -1.29. The molecule has 1 aliphatic carbocycles. The Bertz CT molecular complexity index is 161. The van der Waals surface area contributed by atoms with Crippen LogP contribution < -0.4 is 0 Å². The summed E-state index contributed by atoms with van der Waals surface area (Å²) in [7, 11) is 0. The first kappa shape index (κ1) is 7.71. The molecule has 0 radical (unpaired) electrons. The molecule has 9 heavy (non-hydrogen) atoms. The van der Waals surface area contributed by atoms with Crippen molar-refractivity contribution in [3.8, 4) is 6.57 Å². The second kappa shape index (κ2) is 4.86. The molecular formula is C8H9N. The number of nitriles is 1. The SMILES string of the molecule is C#N.C=C1C=CC=CC1. The van der Waals surface area contributed by atoms with Crippen molar-refractivity contribution in [2.45, 2.75) is 6.42 Å². The fourth-order valence-electron chi connectivity index (χ4n) is 0.558. The average molecular weight is 119 g/mol. The summed E-state index contributed by atoms with van der Waals surface area (Å²) in [5, 5.41) is 6.50. The van der Waals surface area contributed by atoms with E-state index in [2.05, 4.69) is 19.2 Å². The predicted molar refractivity (Wildman–Crippen MR) is 38.7 cm³/mol. The molecule has 0 aromatic carbocycles. The number of hydrogen-bond donors (Lipinski definition) is 0. The van der Waals surface area contributed by atoms with Crippen LogP contribution in [0.5, 0.6) is 0 Å². The van der Waals surface area contributed by atoms with Crippen molar-refractivity contribution in [3.63, 3.8) is 0 Å². The van der Waals surface area contributed by atoms with Crippen molar-refractivity contribution in [1.82, 2.24) is 0 Å². The number of rotatable bonds is 0. The van der Waals surface area contributed by atoms with Crippen molar-refractivity contribution < 1.29 is 0 Å². The maximum Gasteiger partial charge on any atom is 0.0462 e. The topological polar surface area (TPSA) is 23.8 Å². The standard InChI is InChI=1S/C7H8.CHN/c1-7-5-3-2-4-6-7;1-2/h2-5H,1,6H2;1H. The third-order valence-corrected chi connectivity index (χ3v) is 0.959. The number of allylic oxidation sites excluding steroid dienone is 5. The minimum absolute atomic E-state index is 1.02. The van der Waals surface area contributed by atoms with E-state index in [4.69, 9.17) is 5.26 Å². The van der Waals surface area contributed by atoms with Crippen molar-refractivity contribution in [2.24, 2.45) is 0 Å². The summed E-state index contributed by atoms with van der Waals surface area (Å²) >= 11 is 0.